The van der Waals surface area contributed by atoms with Gasteiger partial charge in [0.25, 0.3) is 0 Å². The molecule has 3 N–H and O–H groups in total. The minimum absolute atomic E-state index is 0.0734. The van der Waals surface area contributed by atoms with E-state index in [4.69, 9.17) is 10.5 Å². The third-order valence-corrected chi connectivity index (χ3v) is 5.41. The van der Waals surface area contributed by atoms with Gasteiger partial charge in [-0.15, -0.1) is 11.8 Å². The molecule has 146 valence electrons. The summed E-state index contributed by atoms with van der Waals surface area (Å²) >= 11 is 1.43. The number of nitriles is 1. The van der Waals surface area contributed by atoms with Crippen molar-refractivity contribution in [3.63, 3.8) is 0 Å². The number of carbonyl (C=O) groups is 2. The van der Waals surface area contributed by atoms with Gasteiger partial charge in [-0.1, -0.05) is 24.3 Å². The van der Waals surface area contributed by atoms with E-state index in [9.17, 15) is 20.0 Å². The van der Waals surface area contributed by atoms with Crippen molar-refractivity contribution in [2.45, 2.75) is 10.6 Å². The molecule has 3 aromatic rings. The van der Waals surface area contributed by atoms with E-state index in [-0.39, 0.29) is 22.5 Å². The molecule has 1 heterocycles. The molecule has 0 saturated carbocycles. The van der Waals surface area contributed by atoms with Crippen LogP contribution in [0.25, 0.3) is 5.69 Å². The zero-order valence-corrected chi connectivity index (χ0v) is 16.3. The zero-order valence-electron chi connectivity index (χ0n) is 15.5. The van der Waals surface area contributed by atoms with Crippen molar-refractivity contribution >= 4 is 29.4 Å². The standard InChI is InChI=1S/C21H17N3O4S/c1-28-21(27)19-18(23)14(10-22)11-24(19)15-8-6-13(7-9-15)12-29-17-5-3-2-4-16(17)20(25)26/h2-9,11H,12,23H2,1H3,(H,25,26). The lowest BCUT2D eigenvalue weighted by molar-refractivity contribution is 0.0592. The predicted octanol–water partition coefficient (Wildman–Crippen LogP) is 3.71. The minimum Gasteiger partial charge on any atom is -0.478 e. The maximum Gasteiger partial charge on any atom is 0.357 e. The Balaban J connectivity index is 1.84. The van der Waals surface area contributed by atoms with Crippen LogP contribution in [0.3, 0.4) is 0 Å². The molecule has 8 heteroatoms. The molecule has 0 atom stereocenters. The number of hydrogen-bond donors (Lipinski definition) is 2. The van der Waals surface area contributed by atoms with Crippen molar-refractivity contribution in [1.29, 1.82) is 5.26 Å². The molecule has 0 bridgehead atoms. The summed E-state index contributed by atoms with van der Waals surface area (Å²) in [6.45, 7) is 0. The number of benzene rings is 2. The van der Waals surface area contributed by atoms with E-state index in [0.29, 0.717) is 16.3 Å². The summed E-state index contributed by atoms with van der Waals surface area (Å²) in [6.07, 6.45) is 1.49. The second kappa shape index (κ2) is 8.54. The van der Waals surface area contributed by atoms with Gasteiger partial charge in [0, 0.05) is 22.5 Å². The Hall–Kier alpha value is -3.70. The van der Waals surface area contributed by atoms with Crippen molar-refractivity contribution in [3.05, 3.63) is 77.1 Å². The molecular formula is C21H17N3O4S. The molecule has 0 aliphatic carbocycles. The van der Waals surface area contributed by atoms with Crippen molar-refractivity contribution in [1.82, 2.24) is 4.57 Å². The number of nitrogen functional groups attached to an aromatic ring is 1. The number of thioether (sulfide) groups is 1. The van der Waals surface area contributed by atoms with Gasteiger partial charge in [-0.05, 0) is 29.8 Å². The van der Waals surface area contributed by atoms with E-state index in [2.05, 4.69) is 0 Å². The van der Waals surface area contributed by atoms with E-state index in [1.807, 2.05) is 18.2 Å². The maximum atomic E-state index is 12.1. The van der Waals surface area contributed by atoms with Crippen molar-refractivity contribution in [2.75, 3.05) is 12.8 Å². The van der Waals surface area contributed by atoms with Crippen molar-refractivity contribution in [2.24, 2.45) is 0 Å². The molecular weight excluding hydrogens is 390 g/mol. The summed E-state index contributed by atoms with van der Waals surface area (Å²) in [5.41, 5.74) is 8.17. The van der Waals surface area contributed by atoms with Gasteiger partial charge in [0.1, 0.15) is 6.07 Å². The monoisotopic (exact) mass is 407 g/mol. The normalized spacial score (nSPS) is 10.3. The van der Waals surface area contributed by atoms with Gasteiger partial charge in [-0.25, -0.2) is 9.59 Å². The molecule has 0 saturated heterocycles. The van der Waals surface area contributed by atoms with E-state index in [1.165, 1.54) is 29.6 Å². The second-order valence-electron chi connectivity index (χ2n) is 6.03. The third-order valence-electron chi connectivity index (χ3n) is 4.27. The summed E-state index contributed by atoms with van der Waals surface area (Å²) in [7, 11) is 1.25. The molecule has 7 nitrogen and oxygen atoms in total. The number of hydrogen-bond acceptors (Lipinski definition) is 6. The molecule has 1 aromatic heterocycles. The number of methoxy groups -OCH3 is 1. The van der Waals surface area contributed by atoms with Crippen LogP contribution in [-0.4, -0.2) is 28.7 Å². The molecule has 3 rings (SSSR count). The SMILES string of the molecule is COC(=O)c1c(N)c(C#N)cn1-c1ccc(CSc2ccccc2C(=O)O)cc1. The lowest BCUT2D eigenvalue weighted by Gasteiger charge is -2.10. The molecule has 29 heavy (non-hydrogen) atoms. The summed E-state index contributed by atoms with van der Waals surface area (Å²) in [5.74, 6) is -1.02. The molecule has 0 unspecified atom stereocenters. The number of carboxylic acids is 1. The van der Waals surface area contributed by atoms with Crippen LogP contribution in [0.5, 0.6) is 0 Å². The van der Waals surface area contributed by atoms with Crippen LogP contribution in [0, 0.1) is 11.3 Å². The van der Waals surface area contributed by atoms with Gasteiger partial charge in [-0.3, -0.25) is 0 Å². The molecule has 0 radical (unpaired) electrons. The quantitative estimate of drug-likeness (QED) is 0.472. The van der Waals surface area contributed by atoms with Crippen LogP contribution < -0.4 is 5.73 Å². The lowest BCUT2D eigenvalue weighted by Crippen LogP contribution is -2.11. The highest BCUT2D eigenvalue weighted by Crippen LogP contribution is 2.28. The fourth-order valence-corrected chi connectivity index (χ4v) is 3.80. The van der Waals surface area contributed by atoms with E-state index in [1.54, 1.807) is 36.4 Å². The number of rotatable bonds is 6. The van der Waals surface area contributed by atoms with Gasteiger partial charge < -0.3 is 20.1 Å². The second-order valence-corrected chi connectivity index (χ2v) is 7.05. The first-order valence-electron chi connectivity index (χ1n) is 8.50. The molecule has 0 aliphatic rings. The highest BCUT2D eigenvalue weighted by Gasteiger charge is 2.21. The third kappa shape index (κ3) is 4.10. The van der Waals surface area contributed by atoms with Crippen molar-refractivity contribution < 1.29 is 19.4 Å². The van der Waals surface area contributed by atoms with E-state index < -0.39 is 11.9 Å². The number of aromatic carboxylic acids is 1. The van der Waals surface area contributed by atoms with Crippen LogP contribution in [0.4, 0.5) is 5.69 Å². The Labute approximate surface area is 171 Å². The Morgan fingerprint density at radius 2 is 1.90 bits per heavy atom. The Kier molecular flexibility index (Phi) is 5.90. The number of anilines is 1. The Morgan fingerprint density at radius 1 is 1.21 bits per heavy atom. The van der Waals surface area contributed by atoms with Gasteiger partial charge in [-0.2, -0.15) is 5.26 Å². The topological polar surface area (TPSA) is 118 Å². The molecule has 0 spiro atoms. The number of carboxylic acid groups (broad SMARTS) is 1. The average molecular weight is 407 g/mol. The fraction of sp³-hybridized carbons (Fsp3) is 0.0952. The zero-order chi connectivity index (χ0) is 21.0. The first-order valence-corrected chi connectivity index (χ1v) is 9.48. The molecule has 0 amide bonds. The lowest BCUT2D eigenvalue weighted by atomic mass is 10.2. The predicted molar refractivity (Wildman–Crippen MR) is 109 cm³/mol. The van der Waals surface area contributed by atoms with Gasteiger partial charge in [0.2, 0.25) is 0 Å². The van der Waals surface area contributed by atoms with Crippen LogP contribution in [0.15, 0.2) is 59.6 Å². The fourth-order valence-electron chi connectivity index (χ4n) is 2.80. The number of carbonyl (C=O) groups excluding carboxylic acids is 1. The summed E-state index contributed by atoms with van der Waals surface area (Å²) in [5, 5.41) is 18.5. The molecule has 2 aromatic carbocycles. The Morgan fingerprint density at radius 3 is 2.52 bits per heavy atom. The first-order chi connectivity index (χ1) is 14.0. The van der Waals surface area contributed by atoms with Gasteiger partial charge in [0.15, 0.2) is 5.69 Å². The summed E-state index contributed by atoms with van der Waals surface area (Å²) < 4.78 is 6.30. The first kappa shape index (κ1) is 20.0. The largest absolute Gasteiger partial charge is 0.478 e. The van der Waals surface area contributed by atoms with Crippen LogP contribution in [0.1, 0.15) is 32.0 Å². The number of aromatic nitrogens is 1. The number of nitrogens with zero attached hydrogens (tertiary/aromatic N) is 2. The van der Waals surface area contributed by atoms with Crippen LogP contribution in [-0.2, 0) is 10.5 Å². The van der Waals surface area contributed by atoms with Gasteiger partial charge in [0.05, 0.1) is 23.9 Å². The number of esters is 1. The Bertz CT molecular complexity index is 1110. The molecule has 0 fully saturated rings. The minimum atomic E-state index is -0.961. The van der Waals surface area contributed by atoms with E-state index in [0.717, 1.165) is 5.56 Å². The van der Waals surface area contributed by atoms with Crippen molar-refractivity contribution in [3.8, 4) is 11.8 Å². The summed E-state index contributed by atoms with van der Waals surface area (Å²) in [6, 6.07) is 16.1. The van der Waals surface area contributed by atoms with Gasteiger partial charge >= 0.3 is 11.9 Å². The smallest absolute Gasteiger partial charge is 0.357 e. The van der Waals surface area contributed by atoms with E-state index >= 15 is 0 Å². The maximum absolute atomic E-state index is 12.1. The number of nitrogens with two attached hydrogens (primary N) is 1. The average Bonchev–Trinajstić information content (AvgIpc) is 3.08. The summed E-state index contributed by atoms with van der Waals surface area (Å²) in [4.78, 5) is 24.1. The molecule has 0 aliphatic heterocycles. The van der Waals surface area contributed by atoms with Crippen LogP contribution in [0.2, 0.25) is 0 Å². The highest BCUT2D eigenvalue weighted by atomic mass is 32.2. The van der Waals surface area contributed by atoms with Crippen LogP contribution >= 0.6 is 11.8 Å². The highest BCUT2D eigenvalue weighted by molar-refractivity contribution is 7.98. The number of ether oxygens (including phenoxy) is 1.